The summed E-state index contributed by atoms with van der Waals surface area (Å²) in [6, 6.07) is 2.78. The normalized spacial score (nSPS) is 38.7. The Labute approximate surface area is 336 Å². The summed E-state index contributed by atoms with van der Waals surface area (Å²) in [7, 11) is -3.15. The molecule has 0 heterocycles. The Morgan fingerprint density at radius 1 is 0.327 bits per heavy atom. The molecule has 0 aromatic carbocycles. The molecule has 55 heavy (non-hydrogen) atoms. The fourth-order valence-electron chi connectivity index (χ4n) is 12.5. The molecule has 0 aromatic rings. The van der Waals surface area contributed by atoms with Crippen molar-refractivity contribution in [2.24, 2.45) is 71.0 Å². The van der Waals surface area contributed by atoms with Gasteiger partial charge in [-0.3, -0.25) is 0 Å². The van der Waals surface area contributed by atoms with E-state index in [2.05, 4.69) is 48.6 Å². The molecule has 0 radical (unpaired) electrons. The van der Waals surface area contributed by atoms with Gasteiger partial charge in [0.2, 0.25) is 0 Å². The van der Waals surface area contributed by atoms with E-state index in [0.717, 1.165) is 37.8 Å². The summed E-state index contributed by atoms with van der Waals surface area (Å²) in [6.07, 6.45) is 33.3. The van der Waals surface area contributed by atoms with Crippen LogP contribution in [0.3, 0.4) is 0 Å². The molecule has 0 aliphatic heterocycles. The third kappa shape index (κ3) is 8.72. The minimum Gasteiger partial charge on any atom is -0.378 e. The first-order chi connectivity index (χ1) is 26.7. The molecule has 0 saturated heterocycles. The highest BCUT2D eigenvalue weighted by Crippen LogP contribution is 2.51. The first-order valence-electron chi connectivity index (χ1n) is 21.8. The van der Waals surface area contributed by atoms with Crippen molar-refractivity contribution in [1.29, 1.82) is 0 Å². The fourth-order valence-corrected chi connectivity index (χ4v) is 28.9. The van der Waals surface area contributed by atoms with Gasteiger partial charge in [-0.05, 0) is 148 Å². The van der Waals surface area contributed by atoms with E-state index in [1.54, 1.807) is 42.7 Å². The van der Waals surface area contributed by atoms with Crippen LogP contribution in [0.1, 0.15) is 77.0 Å². The minimum absolute atomic E-state index is 0.578. The van der Waals surface area contributed by atoms with Gasteiger partial charge in [0.05, 0.1) is 0 Å². The second-order valence-corrected chi connectivity index (χ2v) is 30.9. The van der Waals surface area contributed by atoms with Crippen molar-refractivity contribution in [1.82, 2.24) is 0 Å². The lowest BCUT2D eigenvalue weighted by Crippen LogP contribution is -2.66. The highest BCUT2D eigenvalue weighted by Gasteiger charge is 2.62. The Balaban J connectivity index is 1.08. The molecular weight excluding hydrogens is 761 g/mol. The molecule has 4 saturated carbocycles. The van der Waals surface area contributed by atoms with E-state index in [1.165, 1.54) is 51.4 Å². The molecule has 0 spiro atoms. The van der Waals surface area contributed by atoms with Crippen LogP contribution in [0.5, 0.6) is 0 Å². The maximum absolute atomic E-state index is 7.64. The second kappa shape index (κ2) is 17.2. The molecular formula is C42H70O9Si4. The van der Waals surface area contributed by atoms with Gasteiger partial charge in [-0.2, -0.15) is 0 Å². The summed E-state index contributed by atoms with van der Waals surface area (Å²) < 4.78 is 61.6. The SMILES string of the molecule is CO[Si](CCC1CC2C=CC1C2)(OC)O[Si](CCC1CC2C=CC1C2)(OC)O[Si](CCC1CC2C=CC1C2)(OC)O[Si](CCC1CC2C=CC1C2)(OC)OC. The molecule has 8 aliphatic rings. The van der Waals surface area contributed by atoms with Crippen LogP contribution in [0.4, 0.5) is 0 Å². The Bertz CT molecular complexity index is 1330. The third-order valence-corrected chi connectivity index (χ3v) is 30.6. The maximum atomic E-state index is 7.64. The van der Waals surface area contributed by atoms with Gasteiger partial charge in [-0.1, -0.05) is 48.6 Å². The van der Waals surface area contributed by atoms with Gasteiger partial charge < -0.3 is 38.9 Å². The molecule has 8 aliphatic carbocycles. The number of hydrogen-bond acceptors (Lipinski definition) is 9. The average Bonchev–Trinajstić information content (AvgIpc) is 4.09. The average molecular weight is 831 g/mol. The van der Waals surface area contributed by atoms with Crippen molar-refractivity contribution in [3.05, 3.63) is 48.6 Å². The Morgan fingerprint density at radius 2 is 0.564 bits per heavy atom. The summed E-state index contributed by atoms with van der Waals surface area (Å²) in [5.41, 5.74) is 0. The Morgan fingerprint density at radius 3 is 0.764 bits per heavy atom. The van der Waals surface area contributed by atoms with E-state index in [9.17, 15) is 0 Å². The predicted molar refractivity (Wildman–Crippen MR) is 221 cm³/mol. The lowest BCUT2D eigenvalue weighted by molar-refractivity contribution is 0.0581. The minimum atomic E-state index is -3.60. The van der Waals surface area contributed by atoms with Gasteiger partial charge in [0.1, 0.15) is 0 Å². The lowest BCUT2D eigenvalue weighted by Gasteiger charge is -2.44. The molecule has 0 N–H and O–H groups in total. The maximum Gasteiger partial charge on any atom is 0.493 e. The number of allylic oxidation sites excluding steroid dienone is 8. The zero-order valence-electron chi connectivity index (χ0n) is 34.5. The van der Waals surface area contributed by atoms with E-state index in [0.29, 0.717) is 83.1 Å². The quantitative estimate of drug-likeness (QED) is 0.0699. The first-order valence-corrected chi connectivity index (χ1v) is 29.5. The fraction of sp³-hybridized carbons (Fsp3) is 0.810. The topological polar surface area (TPSA) is 83.1 Å². The van der Waals surface area contributed by atoms with Gasteiger partial charge >= 0.3 is 35.2 Å². The van der Waals surface area contributed by atoms with Crippen molar-refractivity contribution in [3.63, 3.8) is 0 Å². The zero-order chi connectivity index (χ0) is 38.3. The van der Waals surface area contributed by atoms with Gasteiger partial charge in [-0.15, -0.1) is 0 Å². The van der Waals surface area contributed by atoms with Crippen LogP contribution in [0, 0.1) is 71.0 Å². The monoisotopic (exact) mass is 830 g/mol. The number of hydrogen-bond donors (Lipinski definition) is 0. The van der Waals surface area contributed by atoms with Crippen molar-refractivity contribution in [3.8, 4) is 0 Å². The molecule has 0 aromatic heterocycles. The van der Waals surface area contributed by atoms with Crippen molar-refractivity contribution >= 4 is 35.2 Å². The van der Waals surface area contributed by atoms with Gasteiger partial charge in [0.15, 0.2) is 0 Å². The zero-order valence-corrected chi connectivity index (χ0v) is 38.5. The van der Waals surface area contributed by atoms with Crippen LogP contribution in [0.2, 0.25) is 24.2 Å². The lowest BCUT2D eigenvalue weighted by atomic mass is 9.91. The van der Waals surface area contributed by atoms with Crippen LogP contribution in [0.25, 0.3) is 0 Å². The van der Waals surface area contributed by atoms with Crippen molar-refractivity contribution in [2.75, 3.05) is 42.7 Å². The summed E-state index contributed by atoms with van der Waals surface area (Å²) >= 11 is 0. The first kappa shape index (κ1) is 41.2. The van der Waals surface area contributed by atoms with Crippen LogP contribution in [0.15, 0.2) is 48.6 Å². The molecule has 308 valence electrons. The van der Waals surface area contributed by atoms with Crippen LogP contribution in [-0.4, -0.2) is 77.9 Å². The van der Waals surface area contributed by atoms with Crippen LogP contribution in [-0.2, 0) is 38.9 Å². The van der Waals surface area contributed by atoms with E-state index in [-0.39, 0.29) is 0 Å². The molecule has 8 bridgehead atoms. The highest BCUT2D eigenvalue weighted by atomic mass is 28.5. The van der Waals surface area contributed by atoms with Gasteiger partial charge in [0.25, 0.3) is 0 Å². The van der Waals surface area contributed by atoms with Gasteiger partial charge in [-0.25, -0.2) is 0 Å². The standard InChI is InChI=1S/C42H70O9Si4/c1-43-52(44-2,19-15-39-27-31-7-11-35(39)23-31)49-54(47-5,21-17-41-29-33-9-13-37(41)25-33)51-55(48-6,22-18-42-30-34-10-14-38(42)26-34)50-53(45-3,46-4)20-16-40-28-32-8-12-36(40)24-32/h7-14,31-42H,15-30H2,1-6H3. The molecule has 13 heteroatoms. The molecule has 14 unspecified atom stereocenters. The molecule has 8 rings (SSSR count). The van der Waals surface area contributed by atoms with E-state index in [1.807, 2.05) is 0 Å². The van der Waals surface area contributed by atoms with E-state index in [4.69, 9.17) is 38.9 Å². The predicted octanol–water partition coefficient (Wildman–Crippen LogP) is 9.08. The molecule has 14 atom stereocenters. The third-order valence-electron chi connectivity index (χ3n) is 15.7. The second-order valence-electron chi connectivity index (χ2n) is 18.6. The summed E-state index contributed by atoms with van der Waals surface area (Å²) in [6.45, 7) is 0. The molecule has 9 nitrogen and oxygen atoms in total. The smallest absolute Gasteiger partial charge is 0.378 e. The summed E-state index contributed by atoms with van der Waals surface area (Å²) in [5, 5.41) is 0. The van der Waals surface area contributed by atoms with Crippen molar-refractivity contribution in [2.45, 2.75) is 101 Å². The number of fused-ring (bicyclic) bond motifs is 8. The number of rotatable bonds is 24. The largest absolute Gasteiger partial charge is 0.493 e. The van der Waals surface area contributed by atoms with E-state index >= 15 is 0 Å². The summed E-state index contributed by atoms with van der Waals surface area (Å²) in [4.78, 5) is 0. The van der Waals surface area contributed by atoms with Crippen LogP contribution >= 0.6 is 0 Å². The Kier molecular flexibility index (Phi) is 12.9. The van der Waals surface area contributed by atoms with Gasteiger partial charge in [0, 0.05) is 66.8 Å². The Hall–Kier alpha value is -0.532. The van der Waals surface area contributed by atoms with Crippen LogP contribution < -0.4 is 0 Å². The molecule has 0 amide bonds. The summed E-state index contributed by atoms with van der Waals surface area (Å²) in [5.74, 6) is 7.73. The van der Waals surface area contributed by atoms with E-state index < -0.39 is 35.2 Å². The van der Waals surface area contributed by atoms with Crippen molar-refractivity contribution < 1.29 is 38.9 Å². The molecule has 4 fully saturated rings. The highest BCUT2D eigenvalue weighted by molar-refractivity contribution is 6.83.